The van der Waals surface area contributed by atoms with Gasteiger partial charge in [-0.3, -0.25) is 4.79 Å². The molecule has 1 unspecified atom stereocenters. The molecule has 0 aromatic heterocycles. The van der Waals surface area contributed by atoms with E-state index >= 15 is 0 Å². The molecule has 2 aromatic carbocycles. The number of halogens is 1. The highest BCUT2D eigenvalue weighted by Gasteiger charge is 2.27. The van der Waals surface area contributed by atoms with Gasteiger partial charge >= 0.3 is 0 Å². The van der Waals surface area contributed by atoms with E-state index in [0.717, 1.165) is 27.5 Å². The third-order valence-electron chi connectivity index (χ3n) is 3.72. The summed E-state index contributed by atoms with van der Waals surface area (Å²) in [6.45, 7) is 0.693. The van der Waals surface area contributed by atoms with Crippen molar-refractivity contribution in [2.75, 3.05) is 17.3 Å². The second-order valence-electron chi connectivity index (χ2n) is 5.19. The van der Waals surface area contributed by atoms with Gasteiger partial charge in [-0.25, -0.2) is 0 Å². The fraction of sp³-hybridized carbons (Fsp3) is 0.188. The largest absolute Gasteiger partial charge is 0.370 e. The van der Waals surface area contributed by atoms with Crippen LogP contribution in [0.1, 0.15) is 17.2 Å². The van der Waals surface area contributed by atoms with Crippen LogP contribution in [0.4, 0.5) is 11.4 Å². The van der Waals surface area contributed by atoms with Crippen molar-refractivity contribution in [2.45, 2.75) is 12.6 Å². The number of carbonyl (C=O) groups is 1. The van der Waals surface area contributed by atoms with E-state index < -0.39 is 6.04 Å². The van der Waals surface area contributed by atoms with E-state index in [1.54, 1.807) is 0 Å². The van der Waals surface area contributed by atoms with E-state index in [4.69, 9.17) is 17.3 Å². The molecule has 0 bridgehead atoms. The molecule has 0 saturated carbocycles. The first-order valence-electron chi connectivity index (χ1n) is 6.71. The number of nitrogens with one attached hydrogen (secondary N) is 1. The number of hydrogen-bond donors (Lipinski definition) is 2. The van der Waals surface area contributed by atoms with Crippen molar-refractivity contribution in [2.24, 2.45) is 5.73 Å². The Hall–Kier alpha value is -2.04. The summed E-state index contributed by atoms with van der Waals surface area (Å²) >= 11 is 6.19. The van der Waals surface area contributed by atoms with Crippen LogP contribution in [0, 0.1) is 0 Å². The molecule has 0 saturated heterocycles. The Bertz CT molecular complexity index is 702. The Morgan fingerprint density at radius 2 is 2.05 bits per heavy atom. The standard InChI is InChI=1S/C16H16ClN3O/c1-20(9-10-4-2-3-5-13(10)17)11-6-7-12-14(8-11)19-16(21)15(12)18/h2-8,15H,9,18H2,1H3,(H,19,21). The Kier molecular flexibility index (Phi) is 3.57. The zero-order valence-corrected chi connectivity index (χ0v) is 12.4. The maximum absolute atomic E-state index is 11.6. The molecule has 1 atom stereocenters. The van der Waals surface area contributed by atoms with Gasteiger partial charge in [-0.1, -0.05) is 35.9 Å². The first-order chi connectivity index (χ1) is 10.1. The average molecular weight is 302 g/mol. The van der Waals surface area contributed by atoms with Crippen molar-refractivity contribution in [3.8, 4) is 0 Å². The lowest BCUT2D eigenvalue weighted by molar-refractivity contribution is -0.116. The Morgan fingerprint density at radius 1 is 1.29 bits per heavy atom. The zero-order valence-electron chi connectivity index (χ0n) is 11.6. The van der Waals surface area contributed by atoms with Gasteiger partial charge in [0.25, 0.3) is 0 Å². The molecule has 3 rings (SSSR count). The SMILES string of the molecule is CN(Cc1ccccc1Cl)c1ccc2c(c1)NC(=O)C2N. The molecule has 108 valence electrons. The van der Waals surface area contributed by atoms with Gasteiger partial charge in [-0.05, 0) is 23.8 Å². The maximum Gasteiger partial charge on any atom is 0.245 e. The summed E-state index contributed by atoms with van der Waals surface area (Å²) in [4.78, 5) is 13.7. The van der Waals surface area contributed by atoms with Crippen LogP contribution in [0.25, 0.3) is 0 Å². The first-order valence-corrected chi connectivity index (χ1v) is 7.09. The molecule has 5 heteroatoms. The highest BCUT2D eigenvalue weighted by Crippen LogP contribution is 2.33. The predicted octanol–water partition coefficient (Wildman–Crippen LogP) is 2.93. The van der Waals surface area contributed by atoms with Crippen molar-refractivity contribution >= 4 is 28.9 Å². The van der Waals surface area contributed by atoms with E-state index in [-0.39, 0.29) is 5.91 Å². The number of nitrogens with two attached hydrogens (primary N) is 1. The van der Waals surface area contributed by atoms with E-state index in [2.05, 4.69) is 10.2 Å². The molecule has 0 radical (unpaired) electrons. The summed E-state index contributed by atoms with van der Waals surface area (Å²) in [5, 5.41) is 3.55. The predicted molar refractivity (Wildman–Crippen MR) is 85.6 cm³/mol. The van der Waals surface area contributed by atoms with Crippen LogP contribution in [-0.2, 0) is 11.3 Å². The van der Waals surface area contributed by atoms with Gasteiger partial charge in [-0.15, -0.1) is 0 Å². The van der Waals surface area contributed by atoms with Crippen molar-refractivity contribution in [3.05, 3.63) is 58.6 Å². The highest BCUT2D eigenvalue weighted by atomic mass is 35.5. The minimum Gasteiger partial charge on any atom is -0.370 e. The van der Waals surface area contributed by atoms with Gasteiger partial charge in [0, 0.05) is 35.6 Å². The minimum absolute atomic E-state index is 0.157. The normalized spacial score (nSPS) is 16.5. The molecule has 1 amide bonds. The van der Waals surface area contributed by atoms with Gasteiger partial charge in [0.15, 0.2) is 0 Å². The molecule has 2 aromatic rings. The van der Waals surface area contributed by atoms with Crippen LogP contribution in [-0.4, -0.2) is 13.0 Å². The second-order valence-corrected chi connectivity index (χ2v) is 5.59. The molecule has 1 aliphatic rings. The van der Waals surface area contributed by atoms with Crippen molar-refractivity contribution in [1.29, 1.82) is 0 Å². The monoisotopic (exact) mass is 301 g/mol. The summed E-state index contributed by atoms with van der Waals surface area (Å²) in [6.07, 6.45) is 0. The molecule has 1 aliphatic heterocycles. The molecule has 4 nitrogen and oxygen atoms in total. The Morgan fingerprint density at radius 3 is 2.81 bits per heavy atom. The van der Waals surface area contributed by atoms with Crippen LogP contribution < -0.4 is 16.0 Å². The third kappa shape index (κ3) is 2.60. The third-order valence-corrected chi connectivity index (χ3v) is 4.09. The second kappa shape index (κ2) is 5.39. The van der Waals surface area contributed by atoms with Gasteiger partial charge in [0.2, 0.25) is 5.91 Å². The van der Waals surface area contributed by atoms with Crippen LogP contribution in [0.3, 0.4) is 0 Å². The van der Waals surface area contributed by atoms with Crippen molar-refractivity contribution < 1.29 is 4.79 Å². The van der Waals surface area contributed by atoms with E-state index in [1.165, 1.54) is 0 Å². The smallest absolute Gasteiger partial charge is 0.245 e. The van der Waals surface area contributed by atoms with Gasteiger partial charge in [-0.2, -0.15) is 0 Å². The quantitative estimate of drug-likeness (QED) is 0.916. The molecule has 21 heavy (non-hydrogen) atoms. The van der Waals surface area contributed by atoms with Crippen LogP contribution in [0.2, 0.25) is 5.02 Å². The Labute approximate surface area is 128 Å². The number of benzene rings is 2. The molecule has 0 spiro atoms. The van der Waals surface area contributed by atoms with Crippen molar-refractivity contribution in [3.63, 3.8) is 0 Å². The lowest BCUT2D eigenvalue weighted by Gasteiger charge is -2.21. The topological polar surface area (TPSA) is 58.4 Å². The number of anilines is 2. The highest BCUT2D eigenvalue weighted by molar-refractivity contribution is 6.31. The van der Waals surface area contributed by atoms with E-state index in [0.29, 0.717) is 6.54 Å². The molecule has 0 fully saturated rings. The number of nitrogens with zero attached hydrogens (tertiary/aromatic N) is 1. The molecule has 1 heterocycles. The zero-order chi connectivity index (χ0) is 15.0. The van der Waals surface area contributed by atoms with Gasteiger partial charge < -0.3 is 16.0 Å². The number of hydrogen-bond acceptors (Lipinski definition) is 3. The maximum atomic E-state index is 11.6. The fourth-order valence-corrected chi connectivity index (χ4v) is 2.68. The fourth-order valence-electron chi connectivity index (χ4n) is 2.49. The summed E-state index contributed by atoms with van der Waals surface area (Å²) in [5.41, 5.74) is 9.51. The van der Waals surface area contributed by atoms with Crippen LogP contribution in [0.5, 0.6) is 0 Å². The number of amides is 1. The van der Waals surface area contributed by atoms with E-state index in [1.807, 2.05) is 49.5 Å². The molecular formula is C16H16ClN3O. The summed E-state index contributed by atoms with van der Waals surface area (Å²) < 4.78 is 0. The van der Waals surface area contributed by atoms with E-state index in [9.17, 15) is 4.79 Å². The minimum atomic E-state index is -0.567. The van der Waals surface area contributed by atoms with Gasteiger partial charge in [0.05, 0.1) is 0 Å². The summed E-state index contributed by atoms with van der Waals surface area (Å²) in [5.74, 6) is -0.157. The molecule has 0 aliphatic carbocycles. The lowest BCUT2D eigenvalue weighted by atomic mass is 10.1. The average Bonchev–Trinajstić information content (AvgIpc) is 2.76. The number of carbonyl (C=O) groups excluding carboxylic acids is 1. The Balaban J connectivity index is 1.84. The van der Waals surface area contributed by atoms with Crippen LogP contribution >= 0.6 is 11.6 Å². The number of fused-ring (bicyclic) bond motifs is 1. The molecule has 3 N–H and O–H groups in total. The van der Waals surface area contributed by atoms with Crippen LogP contribution in [0.15, 0.2) is 42.5 Å². The summed E-state index contributed by atoms with van der Waals surface area (Å²) in [7, 11) is 1.99. The van der Waals surface area contributed by atoms with Crippen molar-refractivity contribution in [1.82, 2.24) is 0 Å². The number of rotatable bonds is 3. The lowest BCUT2D eigenvalue weighted by Crippen LogP contribution is -2.19. The molecular weight excluding hydrogens is 286 g/mol. The first kappa shape index (κ1) is 13.9. The van der Waals surface area contributed by atoms with Gasteiger partial charge in [0.1, 0.15) is 6.04 Å². The summed E-state index contributed by atoms with van der Waals surface area (Å²) in [6, 6.07) is 13.0.